The molecule has 1 aromatic heterocycles. The van der Waals surface area contributed by atoms with Crippen LogP contribution in [-0.2, 0) is 10.0 Å². The zero-order valence-electron chi connectivity index (χ0n) is 12.6. The number of nitrogens with one attached hydrogen (secondary N) is 1. The second kappa shape index (κ2) is 5.92. The summed E-state index contributed by atoms with van der Waals surface area (Å²) in [4.78, 5) is 8.30. The van der Waals surface area contributed by atoms with E-state index < -0.39 is 10.0 Å². The molecule has 8 heteroatoms. The van der Waals surface area contributed by atoms with Gasteiger partial charge in [0.1, 0.15) is 4.90 Å². The maximum Gasteiger partial charge on any atom is 0.267 e. The van der Waals surface area contributed by atoms with Crippen LogP contribution in [0, 0.1) is 13.8 Å². The van der Waals surface area contributed by atoms with E-state index in [1.165, 1.54) is 6.07 Å². The number of aromatic nitrogens is 2. The van der Waals surface area contributed by atoms with Gasteiger partial charge in [0, 0.05) is 17.3 Å². The van der Waals surface area contributed by atoms with Crippen LogP contribution in [0.25, 0.3) is 0 Å². The number of nitrogens with zero attached hydrogens (tertiary/aromatic N) is 2. The van der Waals surface area contributed by atoms with E-state index in [4.69, 9.17) is 23.2 Å². The molecule has 1 saturated carbocycles. The zero-order valence-corrected chi connectivity index (χ0v) is 14.9. The van der Waals surface area contributed by atoms with Crippen LogP contribution in [0.1, 0.15) is 35.7 Å². The molecule has 1 fully saturated rings. The molecule has 1 aliphatic carbocycles. The predicted octanol–water partition coefficient (Wildman–Crippen LogP) is 4.08. The first kappa shape index (κ1) is 16.5. The highest BCUT2D eigenvalue weighted by Gasteiger charge is 2.28. The van der Waals surface area contributed by atoms with E-state index in [1.54, 1.807) is 19.9 Å². The lowest BCUT2D eigenvalue weighted by molar-refractivity contribution is 0.600. The highest BCUT2D eigenvalue weighted by Crippen LogP contribution is 2.39. The molecular weight excluding hydrogens is 357 g/mol. The van der Waals surface area contributed by atoms with Gasteiger partial charge in [0.05, 0.1) is 10.0 Å². The predicted molar refractivity (Wildman–Crippen MR) is 90.8 cm³/mol. The molecule has 1 aromatic carbocycles. The Hall–Kier alpha value is -1.37. The summed E-state index contributed by atoms with van der Waals surface area (Å²) in [7, 11) is -3.97. The Morgan fingerprint density at radius 3 is 2.52 bits per heavy atom. The van der Waals surface area contributed by atoms with E-state index in [9.17, 15) is 8.42 Å². The van der Waals surface area contributed by atoms with E-state index in [-0.39, 0.29) is 20.9 Å². The Labute approximate surface area is 145 Å². The summed E-state index contributed by atoms with van der Waals surface area (Å²) in [6, 6.07) is 5.05. The lowest BCUT2D eigenvalue weighted by Crippen LogP contribution is -2.17. The number of benzene rings is 1. The SMILES string of the molecule is Cc1cc(C2CC2)nc(NS(=O)(=O)c2c(Cl)ccc(C)c2Cl)n1. The van der Waals surface area contributed by atoms with E-state index in [0.717, 1.165) is 18.5 Å². The largest absolute Gasteiger partial charge is 0.267 e. The Morgan fingerprint density at radius 1 is 1.17 bits per heavy atom. The van der Waals surface area contributed by atoms with Crippen molar-refractivity contribution in [2.45, 2.75) is 37.5 Å². The number of hydrogen-bond acceptors (Lipinski definition) is 4. The highest BCUT2D eigenvalue weighted by atomic mass is 35.5. The average Bonchev–Trinajstić information content (AvgIpc) is 3.26. The van der Waals surface area contributed by atoms with Gasteiger partial charge in [-0.15, -0.1) is 0 Å². The van der Waals surface area contributed by atoms with Gasteiger partial charge in [-0.1, -0.05) is 29.3 Å². The van der Waals surface area contributed by atoms with Crippen molar-refractivity contribution in [3.8, 4) is 0 Å². The fourth-order valence-electron chi connectivity index (χ4n) is 2.28. The van der Waals surface area contributed by atoms with Gasteiger partial charge in [-0.2, -0.15) is 0 Å². The Kier molecular flexibility index (Phi) is 4.25. The zero-order chi connectivity index (χ0) is 16.8. The van der Waals surface area contributed by atoms with Crippen molar-refractivity contribution in [2.75, 3.05) is 4.72 Å². The molecule has 122 valence electrons. The first-order valence-corrected chi connectivity index (χ1v) is 9.35. The van der Waals surface area contributed by atoms with Gasteiger partial charge in [-0.3, -0.25) is 0 Å². The molecule has 0 radical (unpaired) electrons. The molecular formula is C15H15Cl2N3O2S. The third kappa shape index (κ3) is 3.44. The number of rotatable bonds is 4. The first-order chi connectivity index (χ1) is 10.8. The molecule has 1 heterocycles. The molecule has 0 bridgehead atoms. The van der Waals surface area contributed by atoms with Crippen molar-refractivity contribution in [3.05, 3.63) is 45.2 Å². The van der Waals surface area contributed by atoms with Crippen LogP contribution in [0.5, 0.6) is 0 Å². The minimum absolute atomic E-state index is 0.0422. The number of anilines is 1. The summed E-state index contributed by atoms with van der Waals surface area (Å²) in [6.45, 7) is 3.52. The highest BCUT2D eigenvalue weighted by molar-refractivity contribution is 7.93. The van der Waals surface area contributed by atoms with Gasteiger partial charge < -0.3 is 0 Å². The van der Waals surface area contributed by atoms with E-state index in [1.807, 2.05) is 6.07 Å². The number of halogens is 2. The lowest BCUT2D eigenvalue weighted by atomic mass is 10.2. The summed E-state index contributed by atoms with van der Waals surface area (Å²) in [5, 5.41) is 0.156. The minimum atomic E-state index is -3.97. The minimum Gasteiger partial charge on any atom is -0.247 e. The maximum atomic E-state index is 12.6. The van der Waals surface area contributed by atoms with Crippen molar-refractivity contribution >= 4 is 39.2 Å². The summed E-state index contributed by atoms with van der Waals surface area (Å²) < 4.78 is 27.7. The van der Waals surface area contributed by atoms with Crippen LogP contribution in [-0.4, -0.2) is 18.4 Å². The van der Waals surface area contributed by atoms with Crippen molar-refractivity contribution in [1.29, 1.82) is 0 Å². The quantitative estimate of drug-likeness (QED) is 0.878. The number of sulfonamides is 1. The van der Waals surface area contributed by atoms with Crippen LogP contribution < -0.4 is 4.72 Å². The topological polar surface area (TPSA) is 72.0 Å². The molecule has 3 rings (SSSR count). The molecule has 0 aliphatic heterocycles. The smallest absolute Gasteiger partial charge is 0.247 e. The molecule has 1 aliphatic rings. The molecule has 0 unspecified atom stereocenters. The van der Waals surface area contributed by atoms with Crippen molar-refractivity contribution in [3.63, 3.8) is 0 Å². The molecule has 2 aromatic rings. The van der Waals surface area contributed by atoms with Crippen molar-refractivity contribution in [2.24, 2.45) is 0 Å². The van der Waals surface area contributed by atoms with Gasteiger partial charge in [0.25, 0.3) is 10.0 Å². The number of aryl methyl sites for hydroxylation is 2. The Bertz CT molecular complexity index is 881. The van der Waals surface area contributed by atoms with Crippen molar-refractivity contribution in [1.82, 2.24) is 9.97 Å². The molecule has 1 N–H and O–H groups in total. The van der Waals surface area contributed by atoms with E-state index in [2.05, 4.69) is 14.7 Å². The lowest BCUT2D eigenvalue weighted by Gasteiger charge is -2.12. The van der Waals surface area contributed by atoms with E-state index >= 15 is 0 Å². The molecule has 0 spiro atoms. The third-order valence-electron chi connectivity index (χ3n) is 3.61. The maximum absolute atomic E-state index is 12.6. The van der Waals surface area contributed by atoms with Gasteiger partial charge in [0.2, 0.25) is 5.95 Å². The second-order valence-corrected chi connectivity index (χ2v) is 8.05. The van der Waals surface area contributed by atoms with Crippen LogP contribution in [0.4, 0.5) is 5.95 Å². The van der Waals surface area contributed by atoms with Crippen LogP contribution in [0.2, 0.25) is 10.0 Å². The Balaban J connectivity index is 2.01. The molecule has 5 nitrogen and oxygen atoms in total. The first-order valence-electron chi connectivity index (χ1n) is 7.11. The Morgan fingerprint density at radius 2 is 1.87 bits per heavy atom. The van der Waals surface area contributed by atoms with Crippen LogP contribution in [0.3, 0.4) is 0 Å². The normalized spacial score (nSPS) is 14.8. The third-order valence-corrected chi connectivity index (χ3v) is 6.05. The van der Waals surface area contributed by atoms with Crippen LogP contribution in [0.15, 0.2) is 23.1 Å². The van der Waals surface area contributed by atoms with Gasteiger partial charge in [-0.05, 0) is 44.4 Å². The van der Waals surface area contributed by atoms with Gasteiger partial charge in [0.15, 0.2) is 0 Å². The molecule has 23 heavy (non-hydrogen) atoms. The summed E-state index contributed by atoms with van der Waals surface area (Å²) in [5.74, 6) is 0.437. The van der Waals surface area contributed by atoms with Gasteiger partial charge in [-0.25, -0.2) is 23.1 Å². The van der Waals surface area contributed by atoms with Crippen LogP contribution >= 0.6 is 23.2 Å². The summed E-state index contributed by atoms with van der Waals surface area (Å²) in [5.41, 5.74) is 2.19. The molecule has 0 amide bonds. The fraction of sp³-hybridized carbons (Fsp3) is 0.333. The van der Waals surface area contributed by atoms with Gasteiger partial charge >= 0.3 is 0 Å². The average molecular weight is 372 g/mol. The van der Waals surface area contributed by atoms with E-state index in [0.29, 0.717) is 17.2 Å². The number of hydrogen-bond donors (Lipinski definition) is 1. The summed E-state index contributed by atoms with van der Waals surface area (Å²) in [6.07, 6.45) is 2.14. The fourth-order valence-corrected chi connectivity index (χ4v) is 4.41. The van der Waals surface area contributed by atoms with Crippen molar-refractivity contribution < 1.29 is 8.42 Å². The summed E-state index contributed by atoms with van der Waals surface area (Å²) >= 11 is 12.2. The monoisotopic (exact) mass is 371 g/mol. The molecule has 0 saturated heterocycles. The standard InChI is InChI=1S/C15H15Cl2N3O2S/c1-8-3-6-11(16)14(13(8)17)23(21,22)20-15-18-9(2)7-12(19-15)10-4-5-10/h3,6-7,10H,4-5H2,1-2H3,(H,18,19,20). The molecule has 0 atom stereocenters. The second-order valence-electron chi connectivity index (χ2n) is 5.64.